The lowest BCUT2D eigenvalue weighted by Crippen LogP contribution is -2.21. The number of amides is 1. The highest BCUT2D eigenvalue weighted by Crippen LogP contribution is 2.41. The van der Waals surface area contributed by atoms with Gasteiger partial charge in [-0.25, -0.2) is 9.78 Å². The van der Waals surface area contributed by atoms with E-state index >= 15 is 0 Å². The molecule has 0 aliphatic carbocycles. The minimum atomic E-state index is -0.638. The average molecular weight is 487 g/mol. The molecule has 4 aromatic rings. The molecule has 3 aromatic carbocycles. The molecule has 1 heterocycles. The first-order valence-electron chi connectivity index (χ1n) is 11.2. The van der Waals surface area contributed by atoms with Crippen LogP contribution in [0.1, 0.15) is 15.9 Å². The molecule has 1 amide bonds. The van der Waals surface area contributed by atoms with Gasteiger partial charge in [-0.2, -0.15) is 0 Å². The molecule has 1 aromatic heterocycles. The Kier molecular flexibility index (Phi) is 7.34. The monoisotopic (exact) mass is 486 g/mol. The number of rotatable bonds is 8. The van der Waals surface area contributed by atoms with Crippen molar-refractivity contribution in [2.45, 2.75) is 6.92 Å². The number of fused-ring (bicyclic) bond motifs is 1. The summed E-state index contributed by atoms with van der Waals surface area (Å²) >= 11 is 0. The molecular weight excluding hydrogens is 460 g/mol. The van der Waals surface area contributed by atoms with Crippen LogP contribution in [0.4, 0.5) is 5.69 Å². The van der Waals surface area contributed by atoms with Crippen LogP contribution in [0.15, 0.2) is 66.7 Å². The second-order valence-corrected chi connectivity index (χ2v) is 7.98. The molecule has 36 heavy (non-hydrogen) atoms. The molecule has 0 spiro atoms. The third kappa shape index (κ3) is 5.22. The van der Waals surface area contributed by atoms with Crippen LogP contribution in [0, 0.1) is 6.92 Å². The van der Waals surface area contributed by atoms with E-state index < -0.39 is 18.5 Å². The van der Waals surface area contributed by atoms with E-state index in [0.717, 1.165) is 5.56 Å². The van der Waals surface area contributed by atoms with E-state index in [1.165, 1.54) is 21.3 Å². The fourth-order valence-electron chi connectivity index (χ4n) is 3.76. The molecule has 0 saturated carbocycles. The van der Waals surface area contributed by atoms with E-state index in [9.17, 15) is 9.59 Å². The van der Waals surface area contributed by atoms with Crippen molar-refractivity contribution in [3.63, 3.8) is 0 Å². The lowest BCUT2D eigenvalue weighted by Gasteiger charge is -2.15. The summed E-state index contributed by atoms with van der Waals surface area (Å²) in [5.41, 5.74) is 3.74. The average Bonchev–Trinajstić information content (AvgIpc) is 2.91. The molecular formula is C28H26N2O6. The maximum atomic E-state index is 13.1. The molecule has 8 nitrogen and oxygen atoms in total. The first kappa shape index (κ1) is 24.5. The number of pyridine rings is 1. The van der Waals surface area contributed by atoms with Gasteiger partial charge in [0.25, 0.3) is 5.91 Å². The van der Waals surface area contributed by atoms with Crippen molar-refractivity contribution in [1.82, 2.24) is 4.98 Å². The van der Waals surface area contributed by atoms with Crippen LogP contribution in [-0.2, 0) is 9.53 Å². The molecule has 0 atom stereocenters. The molecule has 0 unspecified atom stereocenters. The van der Waals surface area contributed by atoms with Gasteiger partial charge in [0.05, 0.1) is 38.1 Å². The van der Waals surface area contributed by atoms with E-state index in [1.807, 2.05) is 31.2 Å². The lowest BCUT2D eigenvalue weighted by molar-refractivity contribution is -0.119. The minimum Gasteiger partial charge on any atom is -0.493 e. The number of carbonyl (C=O) groups is 2. The predicted molar refractivity (Wildman–Crippen MR) is 137 cm³/mol. The van der Waals surface area contributed by atoms with Gasteiger partial charge in [0.1, 0.15) is 0 Å². The first-order chi connectivity index (χ1) is 17.4. The molecule has 184 valence electrons. The van der Waals surface area contributed by atoms with Crippen molar-refractivity contribution in [3.05, 3.63) is 77.9 Å². The predicted octanol–water partition coefficient (Wildman–Crippen LogP) is 5.03. The second kappa shape index (κ2) is 10.8. The number of nitrogens with zero attached hydrogens (tertiary/aromatic N) is 1. The molecule has 4 rings (SSSR count). The molecule has 1 N–H and O–H groups in total. The van der Waals surface area contributed by atoms with Crippen LogP contribution in [0.25, 0.3) is 22.2 Å². The molecule has 0 aliphatic rings. The van der Waals surface area contributed by atoms with Gasteiger partial charge in [0.15, 0.2) is 18.1 Å². The largest absolute Gasteiger partial charge is 0.493 e. The molecule has 0 fully saturated rings. The Hall–Kier alpha value is -4.59. The standard InChI is InChI=1S/C28H26N2O6/c1-17-9-11-19(12-10-17)29-26(31)16-36-28(32)21-15-23(30-22-8-6-5-7-20(21)22)18-13-24(33-2)27(35-4)25(14-18)34-3/h5-15H,16H2,1-4H3,(H,29,31). The van der Waals surface area contributed by atoms with Gasteiger partial charge in [0.2, 0.25) is 5.75 Å². The number of aryl methyl sites for hydroxylation is 1. The zero-order valence-corrected chi connectivity index (χ0v) is 20.5. The molecule has 0 radical (unpaired) electrons. The Morgan fingerprint density at radius 1 is 0.861 bits per heavy atom. The number of ether oxygens (including phenoxy) is 4. The number of nitrogens with one attached hydrogen (secondary N) is 1. The topological polar surface area (TPSA) is 96.0 Å². The quantitative estimate of drug-likeness (QED) is 0.349. The Balaban J connectivity index is 1.64. The summed E-state index contributed by atoms with van der Waals surface area (Å²) in [7, 11) is 4.58. The van der Waals surface area contributed by atoms with Gasteiger partial charge in [-0.3, -0.25) is 4.79 Å². The summed E-state index contributed by atoms with van der Waals surface area (Å²) in [5, 5.41) is 3.33. The van der Waals surface area contributed by atoms with Crippen LogP contribution in [0.5, 0.6) is 17.2 Å². The number of aromatic nitrogens is 1. The third-order valence-corrected chi connectivity index (χ3v) is 5.57. The van der Waals surface area contributed by atoms with E-state index in [4.69, 9.17) is 23.9 Å². The summed E-state index contributed by atoms with van der Waals surface area (Å²) < 4.78 is 21.7. The van der Waals surface area contributed by atoms with Gasteiger partial charge < -0.3 is 24.3 Å². The van der Waals surface area contributed by atoms with E-state index in [1.54, 1.807) is 42.5 Å². The van der Waals surface area contributed by atoms with E-state index in [2.05, 4.69) is 5.32 Å². The number of methoxy groups -OCH3 is 3. The number of hydrogen-bond donors (Lipinski definition) is 1. The Morgan fingerprint density at radius 3 is 2.17 bits per heavy atom. The van der Waals surface area contributed by atoms with Crippen molar-refractivity contribution < 1.29 is 28.5 Å². The van der Waals surface area contributed by atoms with Crippen LogP contribution in [0.3, 0.4) is 0 Å². The highest BCUT2D eigenvalue weighted by molar-refractivity contribution is 6.05. The number of anilines is 1. The zero-order chi connectivity index (χ0) is 25.7. The summed E-state index contributed by atoms with van der Waals surface area (Å²) in [5.74, 6) is 0.290. The number of esters is 1. The van der Waals surface area contributed by atoms with Gasteiger partial charge in [-0.05, 0) is 43.3 Å². The van der Waals surface area contributed by atoms with Crippen molar-refractivity contribution in [2.75, 3.05) is 33.3 Å². The van der Waals surface area contributed by atoms with Crippen molar-refractivity contribution in [2.24, 2.45) is 0 Å². The second-order valence-electron chi connectivity index (χ2n) is 7.98. The number of hydrogen-bond acceptors (Lipinski definition) is 7. The van der Waals surface area contributed by atoms with E-state index in [-0.39, 0.29) is 5.56 Å². The van der Waals surface area contributed by atoms with Crippen molar-refractivity contribution >= 4 is 28.5 Å². The number of para-hydroxylation sites is 1. The maximum Gasteiger partial charge on any atom is 0.339 e. The van der Waals surface area contributed by atoms with Crippen molar-refractivity contribution in [1.29, 1.82) is 0 Å². The summed E-state index contributed by atoms with van der Waals surface area (Å²) in [4.78, 5) is 30.2. The van der Waals surface area contributed by atoms with Gasteiger partial charge >= 0.3 is 5.97 Å². The van der Waals surface area contributed by atoms with Crippen LogP contribution in [0.2, 0.25) is 0 Å². The molecule has 0 aliphatic heterocycles. The van der Waals surface area contributed by atoms with Gasteiger partial charge in [-0.1, -0.05) is 35.9 Å². The van der Waals surface area contributed by atoms with Gasteiger partial charge in [-0.15, -0.1) is 0 Å². The van der Waals surface area contributed by atoms with Crippen LogP contribution < -0.4 is 19.5 Å². The van der Waals surface area contributed by atoms with Crippen molar-refractivity contribution in [3.8, 4) is 28.5 Å². The Morgan fingerprint density at radius 2 is 1.53 bits per heavy atom. The van der Waals surface area contributed by atoms with Gasteiger partial charge in [0, 0.05) is 16.6 Å². The fourth-order valence-corrected chi connectivity index (χ4v) is 3.76. The summed E-state index contributed by atoms with van der Waals surface area (Å²) in [6.45, 7) is 1.53. The number of carbonyl (C=O) groups excluding carboxylic acids is 2. The molecule has 0 saturated heterocycles. The fraction of sp³-hybridized carbons (Fsp3) is 0.179. The Bertz CT molecular complexity index is 1390. The normalized spacial score (nSPS) is 10.6. The molecule has 8 heteroatoms. The van der Waals surface area contributed by atoms with Crippen LogP contribution >= 0.6 is 0 Å². The highest BCUT2D eigenvalue weighted by Gasteiger charge is 2.19. The summed E-state index contributed by atoms with van der Waals surface area (Å²) in [6, 6.07) is 19.7. The lowest BCUT2D eigenvalue weighted by atomic mass is 10.0. The SMILES string of the molecule is COc1cc(-c2cc(C(=O)OCC(=O)Nc3ccc(C)cc3)c3ccccc3n2)cc(OC)c1OC. The maximum absolute atomic E-state index is 13.1. The smallest absolute Gasteiger partial charge is 0.339 e. The first-order valence-corrected chi connectivity index (χ1v) is 11.2. The Labute approximate surface area is 208 Å². The summed E-state index contributed by atoms with van der Waals surface area (Å²) in [6.07, 6.45) is 0. The molecule has 0 bridgehead atoms. The highest BCUT2D eigenvalue weighted by atomic mass is 16.5. The minimum absolute atomic E-state index is 0.285. The van der Waals surface area contributed by atoms with Crippen LogP contribution in [-0.4, -0.2) is 44.8 Å². The third-order valence-electron chi connectivity index (χ3n) is 5.57. The van der Waals surface area contributed by atoms with E-state index in [0.29, 0.717) is 45.1 Å². The number of benzene rings is 3. The zero-order valence-electron chi connectivity index (χ0n) is 20.5.